The first-order chi connectivity index (χ1) is 11.9. The molecule has 0 bridgehead atoms. The van der Waals surface area contributed by atoms with Crippen LogP contribution in [0.1, 0.15) is 38.7 Å². The van der Waals surface area contributed by atoms with Crippen molar-refractivity contribution in [1.29, 1.82) is 0 Å². The van der Waals surface area contributed by atoms with E-state index in [9.17, 15) is 9.59 Å². The number of nitrogens with zero attached hydrogens (tertiary/aromatic N) is 1. The molecule has 0 saturated carbocycles. The molecule has 2 rings (SSSR count). The lowest BCUT2D eigenvalue weighted by Crippen LogP contribution is -2.47. The molecule has 0 aromatic heterocycles. The SMILES string of the molecule is CCCNC(=O)C1CCN(C(=O)C(C)Oc2ccc(Cl)cc2C)CC1. The van der Waals surface area contributed by atoms with Crippen LogP contribution in [0.15, 0.2) is 18.2 Å². The highest BCUT2D eigenvalue weighted by molar-refractivity contribution is 6.30. The number of hydrogen-bond donors (Lipinski definition) is 1. The van der Waals surface area contributed by atoms with Gasteiger partial charge in [0.15, 0.2) is 6.10 Å². The standard InChI is InChI=1S/C19H27ClN2O3/c1-4-9-21-18(23)15-7-10-22(11-8-15)19(24)14(3)25-17-6-5-16(20)12-13(17)2/h5-6,12,14-15H,4,7-11H2,1-3H3,(H,21,23). The number of rotatable bonds is 6. The number of amides is 2. The maximum absolute atomic E-state index is 12.6. The first kappa shape index (κ1) is 19.6. The third kappa shape index (κ3) is 5.36. The molecule has 1 heterocycles. The molecular weight excluding hydrogens is 340 g/mol. The highest BCUT2D eigenvalue weighted by atomic mass is 35.5. The molecule has 1 unspecified atom stereocenters. The topological polar surface area (TPSA) is 58.6 Å². The van der Waals surface area contributed by atoms with Gasteiger partial charge in [-0.05, 0) is 56.9 Å². The third-order valence-electron chi connectivity index (χ3n) is 4.52. The van der Waals surface area contributed by atoms with Crippen LogP contribution in [0.5, 0.6) is 5.75 Å². The quantitative estimate of drug-likeness (QED) is 0.841. The van der Waals surface area contributed by atoms with Gasteiger partial charge >= 0.3 is 0 Å². The van der Waals surface area contributed by atoms with Crippen LogP contribution in [0.25, 0.3) is 0 Å². The van der Waals surface area contributed by atoms with E-state index in [1.165, 1.54) is 0 Å². The van der Waals surface area contributed by atoms with Crippen LogP contribution < -0.4 is 10.1 Å². The summed E-state index contributed by atoms with van der Waals surface area (Å²) in [6.07, 6.45) is 1.77. The zero-order chi connectivity index (χ0) is 18.4. The van der Waals surface area contributed by atoms with E-state index in [4.69, 9.17) is 16.3 Å². The van der Waals surface area contributed by atoms with Crippen LogP contribution in [-0.4, -0.2) is 42.5 Å². The number of carbonyl (C=O) groups excluding carboxylic acids is 2. The Kier molecular flexibility index (Phi) is 7.12. The van der Waals surface area contributed by atoms with Gasteiger partial charge in [-0.2, -0.15) is 0 Å². The Labute approximate surface area is 154 Å². The predicted molar refractivity (Wildman–Crippen MR) is 98.9 cm³/mol. The normalized spacial score (nSPS) is 16.4. The molecule has 0 aliphatic carbocycles. The van der Waals surface area contributed by atoms with Crippen molar-refractivity contribution < 1.29 is 14.3 Å². The van der Waals surface area contributed by atoms with Crippen molar-refractivity contribution in [2.75, 3.05) is 19.6 Å². The molecule has 1 aromatic carbocycles. The molecule has 25 heavy (non-hydrogen) atoms. The summed E-state index contributed by atoms with van der Waals surface area (Å²) in [7, 11) is 0. The molecule has 5 nitrogen and oxygen atoms in total. The van der Waals surface area contributed by atoms with Crippen LogP contribution >= 0.6 is 11.6 Å². The van der Waals surface area contributed by atoms with Crippen molar-refractivity contribution in [3.05, 3.63) is 28.8 Å². The second kappa shape index (κ2) is 9.09. The summed E-state index contributed by atoms with van der Waals surface area (Å²) in [5.41, 5.74) is 0.901. The third-order valence-corrected chi connectivity index (χ3v) is 4.75. The largest absolute Gasteiger partial charge is 0.481 e. The molecule has 2 amide bonds. The van der Waals surface area contributed by atoms with E-state index >= 15 is 0 Å². The van der Waals surface area contributed by atoms with Gasteiger partial charge in [-0.15, -0.1) is 0 Å². The van der Waals surface area contributed by atoms with Crippen molar-refractivity contribution >= 4 is 23.4 Å². The summed E-state index contributed by atoms with van der Waals surface area (Å²) in [6.45, 7) is 7.59. The molecule has 1 fully saturated rings. The van der Waals surface area contributed by atoms with Gasteiger partial charge in [0.1, 0.15) is 5.75 Å². The van der Waals surface area contributed by atoms with Crippen LogP contribution in [-0.2, 0) is 9.59 Å². The zero-order valence-electron chi connectivity index (χ0n) is 15.2. The fourth-order valence-corrected chi connectivity index (χ4v) is 3.22. The van der Waals surface area contributed by atoms with Crippen LogP contribution in [0.3, 0.4) is 0 Å². The lowest BCUT2D eigenvalue weighted by Gasteiger charge is -2.33. The van der Waals surface area contributed by atoms with E-state index < -0.39 is 6.10 Å². The summed E-state index contributed by atoms with van der Waals surface area (Å²) in [5.74, 6) is 0.737. The van der Waals surface area contributed by atoms with Crippen LogP contribution in [0.4, 0.5) is 0 Å². The van der Waals surface area contributed by atoms with Crippen molar-refractivity contribution in [3.63, 3.8) is 0 Å². The first-order valence-corrected chi connectivity index (χ1v) is 9.29. The van der Waals surface area contributed by atoms with Gasteiger partial charge in [-0.1, -0.05) is 18.5 Å². The van der Waals surface area contributed by atoms with E-state index in [-0.39, 0.29) is 17.7 Å². The molecule has 1 N–H and O–H groups in total. The Morgan fingerprint density at radius 1 is 1.36 bits per heavy atom. The van der Waals surface area contributed by atoms with Crippen molar-refractivity contribution in [1.82, 2.24) is 10.2 Å². The zero-order valence-corrected chi connectivity index (χ0v) is 15.9. The van der Waals surface area contributed by atoms with Gasteiger partial charge in [0.05, 0.1) is 0 Å². The van der Waals surface area contributed by atoms with Gasteiger partial charge in [0, 0.05) is 30.6 Å². The Balaban J connectivity index is 1.86. The van der Waals surface area contributed by atoms with E-state index in [0.29, 0.717) is 43.2 Å². The summed E-state index contributed by atoms with van der Waals surface area (Å²) in [5, 5.41) is 3.58. The number of carbonyl (C=O) groups is 2. The summed E-state index contributed by atoms with van der Waals surface area (Å²) in [6, 6.07) is 5.35. The fourth-order valence-electron chi connectivity index (χ4n) is 3.00. The van der Waals surface area contributed by atoms with Crippen LogP contribution in [0, 0.1) is 12.8 Å². The Morgan fingerprint density at radius 3 is 2.64 bits per heavy atom. The van der Waals surface area contributed by atoms with Gasteiger partial charge in [-0.3, -0.25) is 9.59 Å². The van der Waals surface area contributed by atoms with E-state index in [1.54, 1.807) is 24.0 Å². The molecule has 138 valence electrons. The highest BCUT2D eigenvalue weighted by Crippen LogP contribution is 2.24. The van der Waals surface area contributed by atoms with Gasteiger partial charge in [-0.25, -0.2) is 0 Å². The minimum atomic E-state index is -0.564. The molecular formula is C19H27ClN2O3. The number of nitrogens with one attached hydrogen (secondary N) is 1. The fraction of sp³-hybridized carbons (Fsp3) is 0.579. The lowest BCUT2D eigenvalue weighted by molar-refractivity contribution is -0.141. The average molecular weight is 367 g/mol. The Morgan fingerprint density at radius 2 is 2.04 bits per heavy atom. The number of piperidine rings is 1. The molecule has 6 heteroatoms. The summed E-state index contributed by atoms with van der Waals surface area (Å²) >= 11 is 5.95. The van der Waals surface area contributed by atoms with Gasteiger partial charge < -0.3 is 15.0 Å². The number of aryl methyl sites for hydroxylation is 1. The monoisotopic (exact) mass is 366 g/mol. The molecule has 1 aliphatic heterocycles. The number of benzene rings is 1. The van der Waals surface area contributed by atoms with Crippen LogP contribution in [0.2, 0.25) is 5.02 Å². The minimum absolute atomic E-state index is 0.00494. The number of halogens is 1. The second-order valence-corrected chi connectivity index (χ2v) is 7.00. The molecule has 0 spiro atoms. The number of likely N-dealkylation sites (tertiary alicyclic amines) is 1. The first-order valence-electron chi connectivity index (χ1n) is 8.91. The summed E-state index contributed by atoms with van der Waals surface area (Å²) < 4.78 is 5.81. The highest BCUT2D eigenvalue weighted by Gasteiger charge is 2.30. The molecule has 0 radical (unpaired) electrons. The summed E-state index contributed by atoms with van der Waals surface area (Å²) in [4.78, 5) is 26.4. The Hall–Kier alpha value is -1.75. The predicted octanol–water partition coefficient (Wildman–Crippen LogP) is 3.18. The van der Waals surface area contributed by atoms with E-state index in [2.05, 4.69) is 5.32 Å². The maximum atomic E-state index is 12.6. The van der Waals surface area contributed by atoms with Gasteiger partial charge in [0.2, 0.25) is 5.91 Å². The average Bonchev–Trinajstić information content (AvgIpc) is 2.61. The number of ether oxygens (including phenoxy) is 1. The molecule has 1 atom stereocenters. The molecule has 1 aliphatic rings. The minimum Gasteiger partial charge on any atom is -0.481 e. The molecule has 1 saturated heterocycles. The molecule has 1 aromatic rings. The van der Waals surface area contributed by atoms with Crippen molar-refractivity contribution in [2.24, 2.45) is 5.92 Å². The van der Waals surface area contributed by atoms with Crippen molar-refractivity contribution in [3.8, 4) is 5.75 Å². The smallest absolute Gasteiger partial charge is 0.263 e. The van der Waals surface area contributed by atoms with Crippen molar-refractivity contribution in [2.45, 2.75) is 46.1 Å². The van der Waals surface area contributed by atoms with E-state index in [0.717, 1.165) is 12.0 Å². The second-order valence-electron chi connectivity index (χ2n) is 6.56. The number of hydrogen-bond acceptors (Lipinski definition) is 3. The maximum Gasteiger partial charge on any atom is 0.263 e. The Bertz CT molecular complexity index is 613. The van der Waals surface area contributed by atoms with Gasteiger partial charge in [0.25, 0.3) is 5.91 Å². The van der Waals surface area contributed by atoms with E-state index in [1.807, 2.05) is 19.9 Å². The lowest BCUT2D eigenvalue weighted by atomic mass is 9.95.